The highest BCUT2D eigenvalue weighted by Gasteiger charge is 2.54. The molecule has 138 valence electrons. The molecule has 0 bridgehead atoms. The van der Waals surface area contributed by atoms with Gasteiger partial charge >= 0.3 is 17.8 Å². The van der Waals surface area contributed by atoms with Crippen molar-refractivity contribution in [2.45, 2.75) is 37.3 Å². The highest BCUT2D eigenvalue weighted by atomic mass is 16.8. The van der Waals surface area contributed by atoms with E-state index in [0.29, 0.717) is 0 Å². The number of para-hydroxylation sites is 1. The summed E-state index contributed by atoms with van der Waals surface area (Å²) in [5, 5.41) is 38.6. The van der Waals surface area contributed by atoms with Gasteiger partial charge in [0.2, 0.25) is 0 Å². The fraction of sp³-hybridized carbons (Fsp3) is 0.467. The molecule has 1 aliphatic heterocycles. The first-order valence-corrected chi connectivity index (χ1v) is 7.32. The van der Waals surface area contributed by atoms with Gasteiger partial charge < -0.3 is 34.6 Å². The third kappa shape index (κ3) is 3.95. The summed E-state index contributed by atoms with van der Waals surface area (Å²) in [7, 11) is 0. The molecule has 0 radical (unpaired) electrons. The van der Waals surface area contributed by atoms with Gasteiger partial charge in [0.1, 0.15) is 29.6 Å². The SMILES string of the molecule is CC(=O)Oc1ccccc1C(=O)O[C@]1(N)O[C@H](CO)[C@@H](O)[C@H](O)[C@@H]1O. The van der Waals surface area contributed by atoms with Crippen molar-refractivity contribution in [1.82, 2.24) is 0 Å². The standard InChI is InChI=1S/C15H19NO9/c1-7(18)23-9-5-3-2-4-8(9)14(22)25-15(16)13(21)12(20)11(19)10(6-17)24-15/h2-5,10-13,17,19-21H,6,16H2,1H3/t10-,11-,12+,13+,15-/m1/s1. The van der Waals surface area contributed by atoms with Gasteiger partial charge in [0, 0.05) is 6.92 Å². The minimum absolute atomic E-state index is 0.104. The highest BCUT2D eigenvalue weighted by molar-refractivity contribution is 5.93. The van der Waals surface area contributed by atoms with Crippen LogP contribution >= 0.6 is 0 Å². The van der Waals surface area contributed by atoms with Crippen LogP contribution in [-0.2, 0) is 14.3 Å². The van der Waals surface area contributed by atoms with Crippen molar-refractivity contribution in [2.24, 2.45) is 5.73 Å². The normalized spacial score (nSPS) is 32.1. The van der Waals surface area contributed by atoms with E-state index in [1.165, 1.54) is 24.3 Å². The lowest BCUT2D eigenvalue weighted by molar-refractivity contribution is -0.344. The van der Waals surface area contributed by atoms with Crippen molar-refractivity contribution in [3.8, 4) is 5.75 Å². The van der Waals surface area contributed by atoms with Gasteiger partial charge in [-0.3, -0.25) is 10.5 Å². The molecule has 0 aliphatic carbocycles. The summed E-state index contributed by atoms with van der Waals surface area (Å²) in [6.07, 6.45) is -6.84. The molecule has 1 aromatic carbocycles. The van der Waals surface area contributed by atoms with Crippen LogP contribution in [0.25, 0.3) is 0 Å². The molecule has 25 heavy (non-hydrogen) atoms. The van der Waals surface area contributed by atoms with Gasteiger partial charge in [-0.15, -0.1) is 0 Å². The predicted octanol–water partition coefficient (Wildman–Crippen LogP) is -2.14. The molecule has 2 rings (SSSR count). The van der Waals surface area contributed by atoms with Crippen LogP contribution in [0.1, 0.15) is 17.3 Å². The number of hydrogen-bond acceptors (Lipinski definition) is 10. The van der Waals surface area contributed by atoms with Crippen molar-refractivity contribution in [2.75, 3.05) is 6.61 Å². The van der Waals surface area contributed by atoms with Gasteiger partial charge in [-0.1, -0.05) is 12.1 Å². The lowest BCUT2D eigenvalue weighted by Crippen LogP contribution is -2.70. The first kappa shape index (κ1) is 19.2. The molecule has 1 aromatic rings. The number of nitrogens with two attached hydrogens (primary N) is 1. The monoisotopic (exact) mass is 357 g/mol. The topological polar surface area (TPSA) is 169 Å². The number of benzene rings is 1. The molecule has 1 heterocycles. The van der Waals surface area contributed by atoms with Crippen molar-refractivity contribution in [3.63, 3.8) is 0 Å². The number of carbonyl (C=O) groups excluding carboxylic acids is 2. The lowest BCUT2D eigenvalue weighted by Gasteiger charge is -2.44. The summed E-state index contributed by atoms with van der Waals surface area (Å²) in [4.78, 5) is 23.5. The molecule has 0 amide bonds. The smallest absolute Gasteiger partial charge is 0.345 e. The Morgan fingerprint density at radius 3 is 2.48 bits per heavy atom. The van der Waals surface area contributed by atoms with Gasteiger partial charge in [0.25, 0.3) is 0 Å². The van der Waals surface area contributed by atoms with E-state index in [1.54, 1.807) is 0 Å². The number of ether oxygens (including phenoxy) is 3. The minimum atomic E-state index is -2.54. The Morgan fingerprint density at radius 2 is 1.88 bits per heavy atom. The average Bonchev–Trinajstić information content (AvgIpc) is 2.56. The van der Waals surface area contributed by atoms with Crippen LogP contribution in [-0.4, -0.2) is 69.3 Å². The Balaban J connectivity index is 2.26. The Kier molecular flexibility index (Phi) is 5.72. The predicted molar refractivity (Wildman–Crippen MR) is 80.1 cm³/mol. The van der Waals surface area contributed by atoms with Gasteiger partial charge in [0.15, 0.2) is 6.10 Å². The number of rotatable bonds is 4. The third-order valence-electron chi connectivity index (χ3n) is 3.59. The zero-order chi connectivity index (χ0) is 18.8. The Hall–Kier alpha value is -2.08. The zero-order valence-electron chi connectivity index (χ0n) is 13.2. The van der Waals surface area contributed by atoms with Crippen molar-refractivity contribution in [1.29, 1.82) is 0 Å². The Bertz CT molecular complexity index is 650. The van der Waals surface area contributed by atoms with Crippen LogP contribution in [0.5, 0.6) is 5.75 Å². The second-order valence-electron chi connectivity index (χ2n) is 5.47. The summed E-state index contributed by atoms with van der Waals surface area (Å²) >= 11 is 0. The second-order valence-corrected chi connectivity index (χ2v) is 5.47. The van der Waals surface area contributed by atoms with Crippen molar-refractivity contribution >= 4 is 11.9 Å². The van der Waals surface area contributed by atoms with E-state index < -0.39 is 48.9 Å². The first-order valence-electron chi connectivity index (χ1n) is 7.32. The second kappa shape index (κ2) is 7.44. The molecule has 0 unspecified atom stereocenters. The number of carbonyl (C=O) groups is 2. The maximum atomic E-state index is 12.4. The van der Waals surface area contributed by atoms with E-state index in [4.69, 9.17) is 25.1 Å². The van der Waals surface area contributed by atoms with E-state index >= 15 is 0 Å². The quantitative estimate of drug-likeness (QED) is 0.228. The molecule has 0 aromatic heterocycles. The molecular formula is C15H19NO9. The fourth-order valence-corrected chi connectivity index (χ4v) is 2.33. The van der Waals surface area contributed by atoms with Gasteiger partial charge in [-0.25, -0.2) is 4.79 Å². The number of aliphatic hydroxyl groups excluding tert-OH is 4. The maximum absolute atomic E-state index is 12.4. The highest BCUT2D eigenvalue weighted by Crippen LogP contribution is 2.29. The largest absolute Gasteiger partial charge is 0.426 e. The van der Waals surface area contributed by atoms with Crippen LogP contribution in [0.15, 0.2) is 24.3 Å². The zero-order valence-corrected chi connectivity index (χ0v) is 13.2. The van der Waals surface area contributed by atoms with E-state index in [2.05, 4.69) is 0 Å². The molecule has 0 spiro atoms. The van der Waals surface area contributed by atoms with Crippen molar-refractivity contribution < 1.29 is 44.2 Å². The van der Waals surface area contributed by atoms with Crippen LogP contribution < -0.4 is 10.5 Å². The Labute approximate surface area is 142 Å². The molecular weight excluding hydrogens is 338 g/mol. The summed E-state index contributed by atoms with van der Waals surface area (Å²) < 4.78 is 14.9. The third-order valence-corrected chi connectivity index (χ3v) is 3.59. The number of esters is 2. The van der Waals surface area contributed by atoms with E-state index in [1.807, 2.05) is 0 Å². The summed E-state index contributed by atoms with van der Waals surface area (Å²) in [6, 6.07) is 5.61. The molecule has 1 aliphatic rings. The van der Waals surface area contributed by atoms with Gasteiger partial charge in [-0.05, 0) is 12.1 Å². The molecule has 0 saturated carbocycles. The van der Waals surface area contributed by atoms with Gasteiger partial charge in [0.05, 0.1) is 6.61 Å². The van der Waals surface area contributed by atoms with E-state index in [9.17, 15) is 24.9 Å². The summed E-state index contributed by atoms with van der Waals surface area (Å²) in [5.74, 6) is -4.42. The van der Waals surface area contributed by atoms with Crippen LogP contribution in [0, 0.1) is 0 Å². The van der Waals surface area contributed by atoms with E-state index in [-0.39, 0.29) is 11.3 Å². The molecule has 1 fully saturated rings. The van der Waals surface area contributed by atoms with Crippen LogP contribution in [0.4, 0.5) is 0 Å². The van der Waals surface area contributed by atoms with Crippen molar-refractivity contribution in [3.05, 3.63) is 29.8 Å². The molecule has 6 N–H and O–H groups in total. The maximum Gasteiger partial charge on any atom is 0.345 e. The van der Waals surface area contributed by atoms with Crippen LogP contribution in [0.3, 0.4) is 0 Å². The summed E-state index contributed by atoms with van der Waals surface area (Å²) in [5.41, 5.74) is 5.52. The average molecular weight is 357 g/mol. The Morgan fingerprint density at radius 1 is 1.24 bits per heavy atom. The molecule has 10 heteroatoms. The molecule has 5 atom stereocenters. The fourth-order valence-electron chi connectivity index (χ4n) is 2.33. The van der Waals surface area contributed by atoms with Crippen LogP contribution in [0.2, 0.25) is 0 Å². The first-order chi connectivity index (χ1) is 11.7. The lowest BCUT2D eigenvalue weighted by atomic mass is 9.97. The molecule has 1 saturated heterocycles. The summed E-state index contributed by atoms with van der Waals surface area (Å²) in [6.45, 7) is 0.398. The van der Waals surface area contributed by atoms with Gasteiger partial charge in [-0.2, -0.15) is 0 Å². The number of aliphatic hydroxyl groups is 4. The van der Waals surface area contributed by atoms with E-state index in [0.717, 1.165) is 6.92 Å². The number of hydrogen-bond donors (Lipinski definition) is 5. The minimum Gasteiger partial charge on any atom is -0.426 e. The molecule has 10 nitrogen and oxygen atoms in total.